The van der Waals surface area contributed by atoms with Crippen LogP contribution in [-0.4, -0.2) is 49.7 Å². The lowest BCUT2D eigenvalue weighted by molar-refractivity contribution is -0.127. The van der Waals surface area contributed by atoms with E-state index in [9.17, 15) is 4.79 Å². The molecule has 2 saturated carbocycles. The Morgan fingerprint density at radius 1 is 1.23 bits per heavy atom. The minimum Gasteiger partial charge on any atom is -0.379 e. The standard InChI is InChI=1S/C21H31N3O2/c1-14-2-4-15(5-3-14)18(24-8-10-26-11-9-24)13-23-21(25)19-16-6-7-17(12-16)20(19)22/h2-5,16-20H,6-13,22H2,1H3,(H,23,25). The highest BCUT2D eigenvalue weighted by Crippen LogP contribution is 2.47. The Labute approximate surface area is 156 Å². The summed E-state index contributed by atoms with van der Waals surface area (Å²) in [6, 6.07) is 8.91. The van der Waals surface area contributed by atoms with E-state index < -0.39 is 0 Å². The monoisotopic (exact) mass is 357 g/mol. The van der Waals surface area contributed by atoms with Gasteiger partial charge in [-0.25, -0.2) is 0 Å². The molecule has 5 unspecified atom stereocenters. The van der Waals surface area contributed by atoms with Gasteiger partial charge in [0.25, 0.3) is 0 Å². The van der Waals surface area contributed by atoms with E-state index in [1.165, 1.54) is 24.0 Å². The zero-order chi connectivity index (χ0) is 18.1. The van der Waals surface area contributed by atoms with E-state index >= 15 is 0 Å². The van der Waals surface area contributed by atoms with Gasteiger partial charge in [0.1, 0.15) is 0 Å². The number of ether oxygens (including phenoxy) is 1. The number of carbonyl (C=O) groups excluding carboxylic acids is 1. The third kappa shape index (κ3) is 3.53. The van der Waals surface area contributed by atoms with Crippen LogP contribution < -0.4 is 11.1 Å². The second-order valence-corrected chi connectivity index (χ2v) is 8.26. The van der Waals surface area contributed by atoms with Crippen LogP contribution in [-0.2, 0) is 9.53 Å². The van der Waals surface area contributed by atoms with Gasteiger partial charge in [0.2, 0.25) is 5.91 Å². The molecule has 1 aliphatic heterocycles. The molecule has 0 radical (unpaired) electrons. The molecule has 3 N–H and O–H groups in total. The van der Waals surface area contributed by atoms with E-state index in [4.69, 9.17) is 10.5 Å². The quantitative estimate of drug-likeness (QED) is 0.844. The van der Waals surface area contributed by atoms with Gasteiger partial charge in [-0.15, -0.1) is 0 Å². The molecule has 1 saturated heterocycles. The van der Waals surface area contributed by atoms with E-state index in [-0.39, 0.29) is 23.9 Å². The molecule has 26 heavy (non-hydrogen) atoms. The zero-order valence-electron chi connectivity index (χ0n) is 15.7. The minimum absolute atomic E-state index is 0.0112. The SMILES string of the molecule is Cc1ccc(C(CNC(=O)C2C3CCC(C3)C2N)N2CCOCC2)cc1. The number of hydrogen-bond acceptors (Lipinski definition) is 4. The Morgan fingerprint density at radius 3 is 2.58 bits per heavy atom. The molecular weight excluding hydrogens is 326 g/mol. The molecule has 1 amide bonds. The number of rotatable bonds is 5. The molecule has 0 spiro atoms. The van der Waals surface area contributed by atoms with E-state index in [0.29, 0.717) is 18.4 Å². The molecule has 5 heteroatoms. The predicted molar refractivity (Wildman–Crippen MR) is 102 cm³/mol. The van der Waals surface area contributed by atoms with Crippen LogP contribution in [0.15, 0.2) is 24.3 Å². The van der Waals surface area contributed by atoms with Crippen LogP contribution in [0.1, 0.15) is 36.4 Å². The molecule has 2 aliphatic carbocycles. The van der Waals surface area contributed by atoms with Gasteiger partial charge in [-0.3, -0.25) is 9.69 Å². The second-order valence-electron chi connectivity index (χ2n) is 8.26. The summed E-state index contributed by atoms with van der Waals surface area (Å²) in [4.78, 5) is 15.3. The van der Waals surface area contributed by atoms with Crippen LogP contribution >= 0.6 is 0 Å². The number of morpholine rings is 1. The Morgan fingerprint density at radius 2 is 1.92 bits per heavy atom. The summed E-state index contributed by atoms with van der Waals surface area (Å²) in [5.74, 6) is 1.23. The second kappa shape index (κ2) is 7.67. The van der Waals surface area contributed by atoms with Crippen molar-refractivity contribution in [2.45, 2.75) is 38.3 Å². The number of aryl methyl sites for hydroxylation is 1. The summed E-state index contributed by atoms with van der Waals surface area (Å²) in [6.45, 7) is 6.07. The van der Waals surface area contributed by atoms with Gasteiger partial charge < -0.3 is 15.8 Å². The van der Waals surface area contributed by atoms with Crippen LogP contribution in [0.25, 0.3) is 0 Å². The average molecular weight is 357 g/mol. The highest BCUT2D eigenvalue weighted by molar-refractivity contribution is 5.80. The number of benzene rings is 1. The highest BCUT2D eigenvalue weighted by Gasteiger charge is 2.49. The Hall–Kier alpha value is -1.43. The van der Waals surface area contributed by atoms with Crippen LogP contribution in [0.2, 0.25) is 0 Å². The number of carbonyl (C=O) groups is 1. The van der Waals surface area contributed by atoms with Crippen molar-refractivity contribution in [1.82, 2.24) is 10.2 Å². The first-order valence-corrected chi connectivity index (χ1v) is 10.0. The summed E-state index contributed by atoms with van der Waals surface area (Å²) in [7, 11) is 0. The van der Waals surface area contributed by atoms with Gasteiger partial charge in [0.15, 0.2) is 0 Å². The van der Waals surface area contributed by atoms with Crippen molar-refractivity contribution in [2.24, 2.45) is 23.5 Å². The number of nitrogens with zero attached hydrogens (tertiary/aromatic N) is 1. The van der Waals surface area contributed by atoms with Gasteiger partial charge in [-0.05, 0) is 43.6 Å². The van der Waals surface area contributed by atoms with Gasteiger partial charge in [-0.2, -0.15) is 0 Å². The van der Waals surface area contributed by atoms with Crippen LogP contribution in [0.5, 0.6) is 0 Å². The Kier molecular flexibility index (Phi) is 5.30. The summed E-state index contributed by atoms with van der Waals surface area (Å²) >= 11 is 0. The number of nitrogens with two attached hydrogens (primary N) is 1. The van der Waals surface area contributed by atoms with Gasteiger partial charge in [0.05, 0.1) is 25.2 Å². The first-order chi connectivity index (χ1) is 12.6. The van der Waals surface area contributed by atoms with Crippen molar-refractivity contribution in [3.8, 4) is 0 Å². The van der Waals surface area contributed by atoms with Crippen molar-refractivity contribution < 1.29 is 9.53 Å². The number of fused-ring (bicyclic) bond motifs is 2. The molecule has 5 atom stereocenters. The Bertz CT molecular complexity index is 625. The van der Waals surface area contributed by atoms with E-state index in [0.717, 1.165) is 32.7 Å². The Balaban J connectivity index is 1.44. The molecule has 1 aromatic rings. The maximum atomic E-state index is 12.9. The third-order valence-electron chi connectivity index (χ3n) is 6.70. The van der Waals surface area contributed by atoms with Crippen LogP contribution in [0.4, 0.5) is 0 Å². The lowest BCUT2D eigenvalue weighted by atomic mass is 9.84. The molecule has 1 heterocycles. The van der Waals surface area contributed by atoms with Crippen molar-refractivity contribution in [3.05, 3.63) is 35.4 Å². The van der Waals surface area contributed by atoms with Gasteiger partial charge in [0, 0.05) is 25.7 Å². The number of hydrogen-bond donors (Lipinski definition) is 2. The van der Waals surface area contributed by atoms with E-state index in [1.807, 2.05) is 0 Å². The fourth-order valence-corrected chi connectivity index (χ4v) is 5.18. The van der Waals surface area contributed by atoms with Gasteiger partial charge in [-0.1, -0.05) is 29.8 Å². The summed E-state index contributed by atoms with van der Waals surface area (Å²) in [5.41, 5.74) is 8.87. The average Bonchev–Trinajstić information content (AvgIpc) is 3.25. The molecule has 2 bridgehead atoms. The minimum atomic E-state index is 0.0112. The third-order valence-corrected chi connectivity index (χ3v) is 6.70. The fourth-order valence-electron chi connectivity index (χ4n) is 5.18. The molecule has 1 aromatic carbocycles. The molecule has 0 aromatic heterocycles. The molecule has 3 fully saturated rings. The van der Waals surface area contributed by atoms with Crippen molar-refractivity contribution in [1.29, 1.82) is 0 Å². The molecule has 4 rings (SSSR count). The summed E-state index contributed by atoms with van der Waals surface area (Å²) < 4.78 is 5.51. The number of amides is 1. The van der Waals surface area contributed by atoms with Crippen molar-refractivity contribution in [3.63, 3.8) is 0 Å². The molecule has 5 nitrogen and oxygen atoms in total. The largest absolute Gasteiger partial charge is 0.379 e. The van der Waals surface area contributed by atoms with Gasteiger partial charge >= 0.3 is 0 Å². The lowest BCUT2D eigenvalue weighted by Crippen LogP contribution is -2.48. The molecule has 142 valence electrons. The topological polar surface area (TPSA) is 67.6 Å². The van der Waals surface area contributed by atoms with E-state index in [1.54, 1.807) is 0 Å². The first-order valence-electron chi connectivity index (χ1n) is 10.0. The van der Waals surface area contributed by atoms with E-state index in [2.05, 4.69) is 41.4 Å². The van der Waals surface area contributed by atoms with Crippen molar-refractivity contribution in [2.75, 3.05) is 32.8 Å². The summed E-state index contributed by atoms with van der Waals surface area (Å²) in [5, 5.41) is 3.25. The van der Waals surface area contributed by atoms with Crippen molar-refractivity contribution >= 4 is 5.91 Å². The maximum absolute atomic E-state index is 12.9. The lowest BCUT2D eigenvalue weighted by Gasteiger charge is -2.35. The molecule has 3 aliphatic rings. The first kappa shape index (κ1) is 18.0. The smallest absolute Gasteiger partial charge is 0.225 e. The van der Waals surface area contributed by atoms with Crippen LogP contribution in [0, 0.1) is 24.7 Å². The summed E-state index contributed by atoms with van der Waals surface area (Å²) in [6.07, 6.45) is 3.51. The van der Waals surface area contributed by atoms with Crippen LogP contribution in [0.3, 0.4) is 0 Å². The fraction of sp³-hybridized carbons (Fsp3) is 0.667. The normalized spacial score (nSPS) is 32.5. The number of nitrogens with one attached hydrogen (secondary N) is 1. The maximum Gasteiger partial charge on any atom is 0.225 e. The highest BCUT2D eigenvalue weighted by atomic mass is 16.5. The molecular formula is C21H31N3O2. The predicted octanol–water partition coefficient (Wildman–Crippen LogP) is 1.86. The zero-order valence-corrected chi connectivity index (χ0v) is 15.7.